The molecule has 1 heterocycles. The van der Waals surface area contributed by atoms with E-state index in [0.29, 0.717) is 21.6 Å². The van der Waals surface area contributed by atoms with Crippen molar-refractivity contribution in [2.75, 3.05) is 0 Å². The highest BCUT2D eigenvalue weighted by molar-refractivity contribution is 6.31. The molecule has 6 nitrogen and oxygen atoms in total. The predicted octanol–water partition coefficient (Wildman–Crippen LogP) is 3.72. The number of aromatic nitrogens is 3. The van der Waals surface area contributed by atoms with Gasteiger partial charge in [0.25, 0.3) is 0 Å². The van der Waals surface area contributed by atoms with Crippen LogP contribution in [0.4, 0.5) is 0 Å². The first-order valence-corrected chi connectivity index (χ1v) is 8.10. The van der Waals surface area contributed by atoms with E-state index >= 15 is 0 Å². The average molecular weight is 366 g/mol. The summed E-state index contributed by atoms with van der Waals surface area (Å²) in [7, 11) is 0. The Hall–Kier alpha value is -3.38. The molecule has 4 aromatic rings. The van der Waals surface area contributed by atoms with Crippen LogP contribution in [0.1, 0.15) is 15.9 Å². The monoisotopic (exact) mass is 365 g/mol. The number of phenolic OH excluding ortho intramolecular Hbond substituents is 2. The molecule has 0 saturated carbocycles. The summed E-state index contributed by atoms with van der Waals surface area (Å²) < 4.78 is 0. The summed E-state index contributed by atoms with van der Waals surface area (Å²) in [5.41, 5.74) is 1.45. The van der Waals surface area contributed by atoms with Crippen molar-refractivity contribution in [2.24, 2.45) is 0 Å². The fraction of sp³-hybridized carbons (Fsp3) is 0. The van der Waals surface area contributed by atoms with Gasteiger partial charge in [0.1, 0.15) is 28.0 Å². The van der Waals surface area contributed by atoms with Crippen LogP contribution in [0.15, 0.2) is 60.7 Å². The molecule has 0 amide bonds. The number of benzene rings is 3. The maximum Gasteiger partial charge on any atom is 0.200 e. The van der Waals surface area contributed by atoms with Gasteiger partial charge in [-0.3, -0.25) is 4.79 Å². The number of halogens is 1. The molecule has 7 heteroatoms. The molecule has 0 spiro atoms. The number of phenols is 2. The average Bonchev–Trinajstić information content (AvgIpc) is 3.05. The maximum absolute atomic E-state index is 12.7. The molecular formula is C19H12ClN3O3. The van der Waals surface area contributed by atoms with E-state index in [1.54, 1.807) is 48.5 Å². The van der Waals surface area contributed by atoms with Gasteiger partial charge in [-0.2, -0.15) is 0 Å². The van der Waals surface area contributed by atoms with Crippen molar-refractivity contribution in [3.63, 3.8) is 0 Å². The molecule has 2 N–H and O–H groups in total. The molecule has 0 atom stereocenters. The molecule has 0 fully saturated rings. The van der Waals surface area contributed by atoms with Crippen molar-refractivity contribution < 1.29 is 15.0 Å². The lowest BCUT2D eigenvalue weighted by Crippen LogP contribution is -2.06. The third-order valence-corrected chi connectivity index (χ3v) is 4.19. The number of aromatic hydroxyl groups is 2. The van der Waals surface area contributed by atoms with Gasteiger partial charge in [-0.1, -0.05) is 41.9 Å². The zero-order chi connectivity index (χ0) is 18.3. The van der Waals surface area contributed by atoms with E-state index in [9.17, 15) is 15.0 Å². The zero-order valence-corrected chi connectivity index (χ0v) is 14.1. The predicted molar refractivity (Wildman–Crippen MR) is 97.1 cm³/mol. The lowest BCUT2D eigenvalue weighted by Gasteiger charge is -2.10. The SMILES string of the molecule is O=C(c1ccccc1)c1c(O)ccc(-n2nc3ccc(Cl)cc3n2)c1O. The first-order valence-electron chi connectivity index (χ1n) is 7.72. The molecule has 1 aromatic heterocycles. The van der Waals surface area contributed by atoms with Crippen LogP contribution >= 0.6 is 11.6 Å². The number of carbonyl (C=O) groups excluding carboxylic acids is 1. The first kappa shape index (κ1) is 16.1. The molecule has 0 aliphatic heterocycles. The smallest absolute Gasteiger partial charge is 0.200 e. The fourth-order valence-corrected chi connectivity index (χ4v) is 2.85. The number of hydrogen-bond acceptors (Lipinski definition) is 5. The van der Waals surface area contributed by atoms with E-state index in [1.165, 1.54) is 16.9 Å². The number of rotatable bonds is 3. The van der Waals surface area contributed by atoms with Gasteiger partial charge >= 0.3 is 0 Å². The van der Waals surface area contributed by atoms with Gasteiger partial charge < -0.3 is 10.2 Å². The van der Waals surface area contributed by atoms with E-state index < -0.39 is 11.5 Å². The highest BCUT2D eigenvalue weighted by Gasteiger charge is 2.22. The van der Waals surface area contributed by atoms with Gasteiger partial charge in [0.05, 0.1) is 0 Å². The van der Waals surface area contributed by atoms with Gasteiger partial charge in [0.2, 0.25) is 5.78 Å². The van der Waals surface area contributed by atoms with Crippen LogP contribution in [-0.2, 0) is 0 Å². The van der Waals surface area contributed by atoms with Crippen molar-refractivity contribution in [3.05, 3.63) is 76.8 Å². The Labute approximate surface area is 152 Å². The normalized spacial score (nSPS) is 11.0. The van der Waals surface area contributed by atoms with E-state index in [4.69, 9.17) is 11.6 Å². The Balaban J connectivity index is 1.86. The van der Waals surface area contributed by atoms with E-state index in [-0.39, 0.29) is 17.0 Å². The largest absolute Gasteiger partial charge is 0.507 e. The van der Waals surface area contributed by atoms with Crippen molar-refractivity contribution in [1.82, 2.24) is 15.0 Å². The second-order valence-electron chi connectivity index (χ2n) is 5.65. The number of fused-ring (bicyclic) bond motifs is 1. The molecule has 0 unspecified atom stereocenters. The molecule has 0 radical (unpaired) electrons. The molecule has 4 rings (SSSR count). The lowest BCUT2D eigenvalue weighted by atomic mass is 10.0. The first-order chi connectivity index (χ1) is 12.5. The van der Waals surface area contributed by atoms with E-state index in [1.807, 2.05) is 0 Å². The second-order valence-corrected chi connectivity index (χ2v) is 6.08. The zero-order valence-electron chi connectivity index (χ0n) is 13.3. The van der Waals surface area contributed by atoms with Crippen LogP contribution in [0.25, 0.3) is 16.7 Å². The lowest BCUT2D eigenvalue weighted by molar-refractivity contribution is 0.103. The number of ketones is 1. The molecule has 0 aliphatic carbocycles. The van der Waals surface area contributed by atoms with E-state index in [2.05, 4.69) is 10.2 Å². The van der Waals surface area contributed by atoms with Crippen LogP contribution in [0, 0.1) is 0 Å². The van der Waals surface area contributed by atoms with Crippen LogP contribution in [0.3, 0.4) is 0 Å². The number of nitrogens with zero attached hydrogens (tertiary/aromatic N) is 3. The summed E-state index contributed by atoms with van der Waals surface area (Å²) in [5.74, 6) is -1.22. The molecule has 26 heavy (non-hydrogen) atoms. The minimum Gasteiger partial charge on any atom is -0.507 e. The van der Waals surface area contributed by atoms with Crippen molar-refractivity contribution >= 4 is 28.4 Å². The number of carbonyl (C=O) groups is 1. The van der Waals surface area contributed by atoms with Crippen LogP contribution in [0.5, 0.6) is 11.5 Å². The molecule has 3 aromatic carbocycles. The van der Waals surface area contributed by atoms with Crippen molar-refractivity contribution in [2.45, 2.75) is 0 Å². The topological polar surface area (TPSA) is 88.2 Å². The Morgan fingerprint density at radius 3 is 2.42 bits per heavy atom. The van der Waals surface area contributed by atoms with Crippen molar-refractivity contribution in [3.8, 4) is 17.2 Å². The standard InChI is InChI=1S/C19H12ClN3O3/c20-12-6-7-13-14(10-12)22-23(21-13)15-8-9-16(24)17(19(15)26)18(25)11-4-2-1-3-5-11/h1-10,24,26H. The number of hydrogen-bond donors (Lipinski definition) is 2. The molecule has 0 saturated heterocycles. The van der Waals surface area contributed by atoms with Gasteiger partial charge in [0, 0.05) is 10.6 Å². The van der Waals surface area contributed by atoms with E-state index in [0.717, 1.165) is 0 Å². The second kappa shape index (κ2) is 6.16. The summed E-state index contributed by atoms with van der Waals surface area (Å²) in [6, 6.07) is 16.2. The highest BCUT2D eigenvalue weighted by Crippen LogP contribution is 2.34. The maximum atomic E-state index is 12.7. The van der Waals surface area contributed by atoms with Crippen molar-refractivity contribution in [1.29, 1.82) is 0 Å². The Morgan fingerprint density at radius 1 is 0.923 bits per heavy atom. The summed E-state index contributed by atoms with van der Waals surface area (Å²) in [6.07, 6.45) is 0. The van der Waals surface area contributed by atoms with Gasteiger partial charge in [-0.05, 0) is 30.3 Å². The fourth-order valence-electron chi connectivity index (χ4n) is 2.68. The van der Waals surface area contributed by atoms with Gasteiger partial charge in [-0.25, -0.2) is 0 Å². The van der Waals surface area contributed by atoms with Gasteiger partial charge in [-0.15, -0.1) is 15.0 Å². The molecule has 0 bridgehead atoms. The third-order valence-electron chi connectivity index (χ3n) is 3.96. The minimum absolute atomic E-state index is 0.175. The minimum atomic E-state index is -0.498. The quantitative estimate of drug-likeness (QED) is 0.540. The summed E-state index contributed by atoms with van der Waals surface area (Å²) >= 11 is 5.96. The van der Waals surface area contributed by atoms with Crippen LogP contribution in [0.2, 0.25) is 5.02 Å². The molecule has 128 valence electrons. The summed E-state index contributed by atoms with van der Waals surface area (Å²) in [6.45, 7) is 0. The summed E-state index contributed by atoms with van der Waals surface area (Å²) in [5, 5.41) is 29.8. The highest BCUT2D eigenvalue weighted by atomic mass is 35.5. The summed E-state index contributed by atoms with van der Waals surface area (Å²) in [4.78, 5) is 13.9. The Morgan fingerprint density at radius 2 is 1.65 bits per heavy atom. The van der Waals surface area contributed by atoms with Crippen LogP contribution in [-0.4, -0.2) is 31.0 Å². The van der Waals surface area contributed by atoms with Gasteiger partial charge in [0.15, 0.2) is 5.75 Å². The van der Waals surface area contributed by atoms with Crippen LogP contribution < -0.4 is 0 Å². The Bertz CT molecular complexity index is 1140. The third kappa shape index (κ3) is 2.66. The molecular weight excluding hydrogens is 354 g/mol. The Kier molecular flexibility index (Phi) is 3.82. The molecule has 0 aliphatic rings.